The molecule has 0 fully saturated rings. The summed E-state index contributed by atoms with van der Waals surface area (Å²) in [7, 11) is 0. The van der Waals surface area contributed by atoms with E-state index in [4.69, 9.17) is 4.98 Å². The number of para-hydroxylation sites is 2. The molecule has 0 aliphatic rings. The molecule has 0 saturated heterocycles. The zero-order chi connectivity index (χ0) is 28.6. The largest absolute Gasteiger partial charge is 0.309 e. The van der Waals surface area contributed by atoms with Crippen molar-refractivity contribution < 1.29 is 0 Å². The summed E-state index contributed by atoms with van der Waals surface area (Å²) in [5, 5.41) is 2.53. The quantitative estimate of drug-likeness (QED) is 0.195. The SMILES string of the molecule is CCCCc1ccc(-n2cc(-c3cccc(-n4c5ccccc5c5ccccc54)c3)nc2-c2cccc(C)c2)c(C)c1. The summed E-state index contributed by atoms with van der Waals surface area (Å²) >= 11 is 0. The van der Waals surface area contributed by atoms with Crippen molar-refractivity contribution in [2.75, 3.05) is 0 Å². The van der Waals surface area contributed by atoms with Gasteiger partial charge in [-0.3, -0.25) is 4.57 Å². The van der Waals surface area contributed by atoms with Gasteiger partial charge in [0.15, 0.2) is 0 Å². The Labute approximate surface area is 247 Å². The van der Waals surface area contributed by atoms with E-state index in [9.17, 15) is 0 Å². The molecule has 0 N–H and O–H groups in total. The maximum Gasteiger partial charge on any atom is 0.145 e. The summed E-state index contributed by atoms with van der Waals surface area (Å²) in [4.78, 5) is 5.28. The van der Waals surface area contributed by atoms with Crippen LogP contribution >= 0.6 is 0 Å². The van der Waals surface area contributed by atoms with Gasteiger partial charge < -0.3 is 4.57 Å². The summed E-state index contributed by atoms with van der Waals surface area (Å²) in [5.74, 6) is 0.959. The summed E-state index contributed by atoms with van der Waals surface area (Å²) in [6, 6.07) is 41.6. The first-order valence-corrected chi connectivity index (χ1v) is 15.0. The highest BCUT2D eigenvalue weighted by molar-refractivity contribution is 6.09. The Kier molecular flexibility index (Phi) is 6.71. The van der Waals surface area contributed by atoms with Crippen LogP contribution in [0.4, 0.5) is 0 Å². The van der Waals surface area contributed by atoms with Crippen LogP contribution in [0.3, 0.4) is 0 Å². The number of fused-ring (bicyclic) bond motifs is 3. The van der Waals surface area contributed by atoms with Crippen molar-refractivity contribution in [3.05, 3.63) is 138 Å². The minimum atomic E-state index is 0.959. The Balaban J connectivity index is 1.38. The third-order valence-electron chi connectivity index (χ3n) is 8.30. The van der Waals surface area contributed by atoms with Gasteiger partial charge in [0.2, 0.25) is 0 Å². The summed E-state index contributed by atoms with van der Waals surface area (Å²) < 4.78 is 4.64. The molecule has 0 spiro atoms. The molecule has 0 radical (unpaired) electrons. The highest BCUT2D eigenvalue weighted by Gasteiger charge is 2.17. The lowest BCUT2D eigenvalue weighted by Gasteiger charge is -2.13. The molecule has 0 unspecified atom stereocenters. The van der Waals surface area contributed by atoms with Crippen LogP contribution in [0.25, 0.3) is 55.8 Å². The first kappa shape index (κ1) is 26.0. The van der Waals surface area contributed by atoms with Gasteiger partial charge >= 0.3 is 0 Å². The number of aromatic nitrogens is 3. The minimum absolute atomic E-state index is 0.959. The van der Waals surface area contributed by atoms with Crippen molar-refractivity contribution in [3.8, 4) is 34.0 Å². The minimum Gasteiger partial charge on any atom is -0.309 e. The van der Waals surface area contributed by atoms with E-state index in [-0.39, 0.29) is 0 Å². The number of aryl methyl sites for hydroxylation is 3. The van der Waals surface area contributed by atoms with Gasteiger partial charge in [0.25, 0.3) is 0 Å². The third-order valence-corrected chi connectivity index (χ3v) is 8.30. The summed E-state index contributed by atoms with van der Waals surface area (Å²) in [5.41, 5.74) is 11.8. The Morgan fingerprint density at radius 2 is 1.38 bits per heavy atom. The number of unbranched alkanes of at least 4 members (excludes halogenated alkanes) is 1. The first-order chi connectivity index (χ1) is 20.6. The smallest absolute Gasteiger partial charge is 0.145 e. The fourth-order valence-electron chi connectivity index (χ4n) is 6.22. The second-order valence-corrected chi connectivity index (χ2v) is 11.3. The molecular weight excluding hydrogens is 510 g/mol. The molecule has 0 amide bonds. The van der Waals surface area contributed by atoms with Crippen molar-refractivity contribution in [2.24, 2.45) is 0 Å². The third kappa shape index (κ3) is 4.61. The highest BCUT2D eigenvalue weighted by Crippen LogP contribution is 2.34. The molecule has 7 aromatic rings. The standard InChI is InChI=1S/C39H35N3/c1-4-5-13-29-21-22-36(28(3)24-29)41-26-35(40-39(41)31-15-10-12-27(2)23-31)30-14-11-16-32(25-30)42-37-19-8-6-17-33(37)34-18-7-9-20-38(34)42/h6-12,14-26H,4-5,13H2,1-3H3. The van der Waals surface area contributed by atoms with Gasteiger partial charge in [-0.2, -0.15) is 0 Å². The predicted molar refractivity (Wildman–Crippen MR) is 177 cm³/mol. The molecule has 7 rings (SSSR count). The van der Waals surface area contributed by atoms with Crippen molar-refractivity contribution in [1.82, 2.24) is 14.1 Å². The number of nitrogens with zero attached hydrogens (tertiary/aromatic N) is 3. The lowest BCUT2D eigenvalue weighted by atomic mass is 10.0. The molecule has 42 heavy (non-hydrogen) atoms. The molecule has 2 heterocycles. The van der Waals surface area contributed by atoms with E-state index in [1.54, 1.807) is 0 Å². The summed E-state index contributed by atoms with van der Waals surface area (Å²) in [6.07, 6.45) is 5.74. The van der Waals surface area contributed by atoms with E-state index in [2.05, 4.69) is 151 Å². The van der Waals surface area contributed by atoms with Crippen molar-refractivity contribution >= 4 is 21.8 Å². The molecule has 3 heteroatoms. The monoisotopic (exact) mass is 545 g/mol. The highest BCUT2D eigenvalue weighted by atomic mass is 15.1. The molecule has 3 nitrogen and oxygen atoms in total. The topological polar surface area (TPSA) is 22.8 Å². The average Bonchev–Trinajstić information content (AvgIpc) is 3.60. The average molecular weight is 546 g/mol. The maximum absolute atomic E-state index is 5.28. The van der Waals surface area contributed by atoms with Gasteiger partial charge in [-0.15, -0.1) is 0 Å². The van der Waals surface area contributed by atoms with Gasteiger partial charge in [-0.25, -0.2) is 4.98 Å². The first-order valence-electron chi connectivity index (χ1n) is 15.0. The van der Waals surface area contributed by atoms with Crippen LogP contribution in [-0.2, 0) is 6.42 Å². The number of rotatable bonds is 7. The molecule has 0 saturated carbocycles. The van der Waals surface area contributed by atoms with Crippen LogP contribution in [0.15, 0.2) is 121 Å². The molecule has 0 aliphatic carbocycles. The fraction of sp³-hybridized carbons (Fsp3) is 0.154. The summed E-state index contributed by atoms with van der Waals surface area (Å²) in [6.45, 7) is 6.60. The Bertz CT molecular complexity index is 2000. The number of imidazole rings is 1. The molecule has 5 aromatic carbocycles. The fourth-order valence-corrected chi connectivity index (χ4v) is 6.22. The lowest BCUT2D eigenvalue weighted by Crippen LogP contribution is -2.00. The zero-order valence-corrected chi connectivity index (χ0v) is 24.5. The van der Waals surface area contributed by atoms with Gasteiger partial charge in [0, 0.05) is 33.8 Å². The normalized spacial score (nSPS) is 11.5. The van der Waals surface area contributed by atoms with Crippen LogP contribution in [0, 0.1) is 13.8 Å². The van der Waals surface area contributed by atoms with Gasteiger partial charge in [-0.05, 0) is 74.2 Å². The Morgan fingerprint density at radius 1 is 0.667 bits per heavy atom. The van der Waals surface area contributed by atoms with E-state index in [0.29, 0.717) is 0 Å². The van der Waals surface area contributed by atoms with Crippen LogP contribution in [0.2, 0.25) is 0 Å². The maximum atomic E-state index is 5.28. The molecule has 0 bridgehead atoms. The van der Waals surface area contributed by atoms with Crippen molar-refractivity contribution in [1.29, 1.82) is 0 Å². The van der Waals surface area contributed by atoms with Crippen molar-refractivity contribution in [2.45, 2.75) is 40.0 Å². The number of hydrogen-bond donors (Lipinski definition) is 0. The van der Waals surface area contributed by atoms with Crippen LogP contribution in [-0.4, -0.2) is 14.1 Å². The molecule has 0 aliphatic heterocycles. The van der Waals surface area contributed by atoms with Gasteiger partial charge in [0.1, 0.15) is 5.82 Å². The van der Waals surface area contributed by atoms with E-state index in [1.807, 2.05) is 0 Å². The Morgan fingerprint density at radius 3 is 2.10 bits per heavy atom. The van der Waals surface area contributed by atoms with Crippen LogP contribution in [0.1, 0.15) is 36.5 Å². The lowest BCUT2D eigenvalue weighted by molar-refractivity contribution is 0.794. The molecule has 0 atom stereocenters. The van der Waals surface area contributed by atoms with E-state index >= 15 is 0 Å². The van der Waals surface area contributed by atoms with E-state index < -0.39 is 0 Å². The second kappa shape index (κ2) is 10.8. The molecular formula is C39H35N3. The predicted octanol–water partition coefficient (Wildman–Crippen LogP) is 10.3. The number of benzene rings is 5. The zero-order valence-electron chi connectivity index (χ0n) is 24.5. The van der Waals surface area contributed by atoms with Crippen molar-refractivity contribution in [3.63, 3.8) is 0 Å². The van der Waals surface area contributed by atoms with Crippen LogP contribution in [0.5, 0.6) is 0 Å². The Hall–Kier alpha value is -4.89. The van der Waals surface area contributed by atoms with Gasteiger partial charge in [-0.1, -0.05) is 97.8 Å². The number of hydrogen-bond acceptors (Lipinski definition) is 1. The van der Waals surface area contributed by atoms with E-state index in [0.717, 1.165) is 34.8 Å². The van der Waals surface area contributed by atoms with Crippen LogP contribution < -0.4 is 0 Å². The molecule has 206 valence electrons. The molecule has 2 aromatic heterocycles. The van der Waals surface area contributed by atoms with Gasteiger partial charge in [0.05, 0.1) is 22.4 Å². The van der Waals surface area contributed by atoms with E-state index in [1.165, 1.54) is 57.0 Å². The second-order valence-electron chi connectivity index (χ2n) is 11.3.